The molecule has 17 heavy (non-hydrogen) atoms. The number of hydrogen-bond acceptors (Lipinski definition) is 4. The Kier molecular flexibility index (Phi) is 4.04. The number of nitrogens with two attached hydrogens (primary N) is 1. The number of anilines is 1. The van der Waals surface area contributed by atoms with Crippen LogP contribution < -0.4 is 5.73 Å². The van der Waals surface area contributed by atoms with Crippen LogP contribution in [-0.4, -0.2) is 42.5 Å². The molecule has 1 aromatic heterocycles. The lowest BCUT2D eigenvalue weighted by atomic mass is 10.6. The summed E-state index contributed by atoms with van der Waals surface area (Å²) in [4.78, 5) is -0.248. The van der Waals surface area contributed by atoms with E-state index < -0.39 is 23.0 Å². The van der Waals surface area contributed by atoms with Gasteiger partial charge in [-0.05, 0) is 6.92 Å². The number of rotatable bonds is 5. The molecular formula is C8H14F2N4O2S. The summed E-state index contributed by atoms with van der Waals surface area (Å²) in [5.74, 6) is -0.187. The minimum Gasteiger partial charge on any atom is -0.381 e. The van der Waals surface area contributed by atoms with Gasteiger partial charge in [0.25, 0.3) is 6.43 Å². The smallest absolute Gasteiger partial charge is 0.252 e. The molecule has 1 aromatic rings. The summed E-state index contributed by atoms with van der Waals surface area (Å²) in [5.41, 5.74) is 5.45. The van der Waals surface area contributed by atoms with Crippen LogP contribution in [0, 0.1) is 0 Å². The molecule has 6 nitrogen and oxygen atoms in total. The van der Waals surface area contributed by atoms with Gasteiger partial charge in [-0.25, -0.2) is 17.2 Å². The Bertz CT molecular complexity index is 486. The summed E-state index contributed by atoms with van der Waals surface area (Å²) >= 11 is 0. The second-order valence-corrected chi connectivity index (χ2v) is 5.42. The molecule has 0 aliphatic heterocycles. The van der Waals surface area contributed by atoms with Crippen molar-refractivity contribution in [2.75, 3.05) is 19.3 Å². The zero-order valence-corrected chi connectivity index (χ0v) is 10.3. The van der Waals surface area contributed by atoms with Gasteiger partial charge in [-0.1, -0.05) is 0 Å². The summed E-state index contributed by atoms with van der Waals surface area (Å²) in [6.45, 7) is 1.32. The lowest BCUT2D eigenvalue weighted by molar-refractivity contribution is 0.126. The van der Waals surface area contributed by atoms with Crippen molar-refractivity contribution in [2.45, 2.75) is 24.8 Å². The molecule has 0 bridgehead atoms. The number of halogens is 2. The van der Waals surface area contributed by atoms with Crippen molar-refractivity contribution in [3.8, 4) is 0 Å². The first-order chi connectivity index (χ1) is 7.78. The van der Waals surface area contributed by atoms with Crippen LogP contribution in [0.15, 0.2) is 11.1 Å². The van der Waals surface area contributed by atoms with E-state index in [-0.39, 0.29) is 10.7 Å². The van der Waals surface area contributed by atoms with Gasteiger partial charge in [0.2, 0.25) is 10.0 Å². The van der Waals surface area contributed by atoms with E-state index in [0.717, 1.165) is 7.05 Å². The number of alkyl halides is 2. The topological polar surface area (TPSA) is 81.2 Å². The van der Waals surface area contributed by atoms with Crippen LogP contribution >= 0.6 is 0 Å². The molecule has 0 atom stereocenters. The Morgan fingerprint density at radius 1 is 1.59 bits per heavy atom. The summed E-state index contributed by atoms with van der Waals surface area (Å²) < 4.78 is 49.9. The van der Waals surface area contributed by atoms with Gasteiger partial charge in [0, 0.05) is 19.8 Å². The molecule has 2 N–H and O–H groups in total. The van der Waals surface area contributed by atoms with Crippen molar-refractivity contribution in [3.63, 3.8) is 0 Å². The highest BCUT2D eigenvalue weighted by Gasteiger charge is 2.27. The summed E-state index contributed by atoms with van der Waals surface area (Å²) in [5, 5.41) is 3.76. The molecule has 0 saturated heterocycles. The van der Waals surface area contributed by atoms with E-state index in [9.17, 15) is 17.2 Å². The predicted octanol–water partition coefficient (Wildman–Crippen LogP) is 0.371. The lowest BCUT2D eigenvalue weighted by Crippen LogP contribution is -2.31. The van der Waals surface area contributed by atoms with E-state index in [4.69, 9.17) is 5.73 Å². The standard InChI is InChI=1S/C8H14F2N4O2S/c1-3-14-4-6(8(11)12-14)17(15,16)13(2)5-7(9)10/h4,7H,3,5H2,1-2H3,(H2,11,12). The van der Waals surface area contributed by atoms with Crippen LogP contribution in [0.4, 0.5) is 14.6 Å². The van der Waals surface area contributed by atoms with E-state index in [2.05, 4.69) is 5.10 Å². The molecule has 0 amide bonds. The number of aryl methyl sites for hydroxylation is 1. The fraction of sp³-hybridized carbons (Fsp3) is 0.625. The Hall–Kier alpha value is -1.22. The number of hydrogen-bond donors (Lipinski definition) is 1. The number of aromatic nitrogens is 2. The maximum atomic E-state index is 12.1. The monoisotopic (exact) mass is 268 g/mol. The Morgan fingerprint density at radius 2 is 2.18 bits per heavy atom. The molecule has 0 aliphatic rings. The van der Waals surface area contributed by atoms with Crippen LogP contribution in [0.3, 0.4) is 0 Å². The molecule has 1 heterocycles. The van der Waals surface area contributed by atoms with E-state index in [0.29, 0.717) is 10.8 Å². The first-order valence-corrected chi connectivity index (χ1v) is 6.30. The van der Waals surface area contributed by atoms with E-state index >= 15 is 0 Å². The van der Waals surface area contributed by atoms with Gasteiger partial charge in [-0.2, -0.15) is 9.40 Å². The van der Waals surface area contributed by atoms with Gasteiger partial charge < -0.3 is 5.73 Å². The molecule has 98 valence electrons. The zero-order chi connectivity index (χ0) is 13.2. The average Bonchev–Trinajstić information content (AvgIpc) is 2.59. The highest BCUT2D eigenvalue weighted by Crippen LogP contribution is 2.20. The third-order valence-corrected chi connectivity index (χ3v) is 4.00. The fourth-order valence-corrected chi connectivity index (χ4v) is 2.44. The summed E-state index contributed by atoms with van der Waals surface area (Å²) in [6.07, 6.45) is -1.51. The molecule has 0 aliphatic carbocycles. The SMILES string of the molecule is CCn1cc(S(=O)(=O)N(C)CC(F)F)c(N)n1. The third-order valence-electron chi connectivity index (χ3n) is 2.16. The highest BCUT2D eigenvalue weighted by molar-refractivity contribution is 7.89. The van der Waals surface area contributed by atoms with Gasteiger partial charge in [-0.15, -0.1) is 0 Å². The highest BCUT2D eigenvalue weighted by atomic mass is 32.2. The summed E-state index contributed by atoms with van der Waals surface area (Å²) in [6, 6.07) is 0. The Labute approximate surface area is 98.1 Å². The quantitative estimate of drug-likeness (QED) is 0.836. The Morgan fingerprint density at radius 3 is 2.59 bits per heavy atom. The zero-order valence-electron chi connectivity index (χ0n) is 9.47. The minimum absolute atomic E-state index is 0.187. The minimum atomic E-state index is -4.01. The van der Waals surface area contributed by atoms with Crippen LogP contribution in [0.5, 0.6) is 0 Å². The van der Waals surface area contributed by atoms with Gasteiger partial charge in [0.05, 0.1) is 6.54 Å². The number of sulfonamides is 1. The van der Waals surface area contributed by atoms with Crippen LogP contribution in [0.25, 0.3) is 0 Å². The van der Waals surface area contributed by atoms with Gasteiger partial charge >= 0.3 is 0 Å². The fourth-order valence-electron chi connectivity index (χ4n) is 1.24. The van der Waals surface area contributed by atoms with Gasteiger partial charge in [-0.3, -0.25) is 4.68 Å². The Balaban J connectivity index is 3.08. The average molecular weight is 268 g/mol. The first-order valence-electron chi connectivity index (χ1n) is 4.86. The van der Waals surface area contributed by atoms with Crippen molar-refractivity contribution in [1.29, 1.82) is 0 Å². The largest absolute Gasteiger partial charge is 0.381 e. The second kappa shape index (κ2) is 4.96. The molecule has 0 aromatic carbocycles. The van der Waals surface area contributed by atoms with E-state index in [1.807, 2.05) is 0 Å². The van der Waals surface area contributed by atoms with Crippen molar-refractivity contribution in [1.82, 2.24) is 14.1 Å². The molecule has 1 rings (SSSR count). The normalized spacial score (nSPS) is 12.6. The van der Waals surface area contributed by atoms with Crippen molar-refractivity contribution in [2.24, 2.45) is 0 Å². The molecule has 0 saturated carbocycles. The number of nitrogen functional groups attached to an aromatic ring is 1. The molecule has 9 heteroatoms. The molecule has 0 radical (unpaired) electrons. The van der Waals surface area contributed by atoms with Crippen LogP contribution in [-0.2, 0) is 16.6 Å². The molecular weight excluding hydrogens is 254 g/mol. The maximum absolute atomic E-state index is 12.1. The lowest BCUT2D eigenvalue weighted by Gasteiger charge is -2.15. The molecule has 0 spiro atoms. The predicted molar refractivity (Wildman–Crippen MR) is 58.1 cm³/mol. The third kappa shape index (κ3) is 2.91. The molecule has 0 unspecified atom stereocenters. The van der Waals surface area contributed by atoms with E-state index in [1.54, 1.807) is 6.92 Å². The summed E-state index contributed by atoms with van der Waals surface area (Å²) in [7, 11) is -2.94. The van der Waals surface area contributed by atoms with E-state index in [1.165, 1.54) is 10.9 Å². The van der Waals surface area contributed by atoms with Crippen molar-refractivity contribution >= 4 is 15.8 Å². The molecule has 0 fully saturated rings. The van der Waals surface area contributed by atoms with Gasteiger partial charge in [0.1, 0.15) is 4.90 Å². The van der Waals surface area contributed by atoms with Crippen LogP contribution in [0.1, 0.15) is 6.92 Å². The van der Waals surface area contributed by atoms with Crippen LogP contribution in [0.2, 0.25) is 0 Å². The maximum Gasteiger partial charge on any atom is 0.252 e. The second-order valence-electron chi connectivity index (χ2n) is 3.41. The first kappa shape index (κ1) is 13.8. The van der Waals surface area contributed by atoms with Crippen molar-refractivity contribution < 1.29 is 17.2 Å². The number of nitrogens with zero attached hydrogens (tertiary/aromatic N) is 3. The van der Waals surface area contributed by atoms with Crippen molar-refractivity contribution in [3.05, 3.63) is 6.20 Å². The van der Waals surface area contributed by atoms with Gasteiger partial charge in [0.15, 0.2) is 5.82 Å².